The Bertz CT molecular complexity index is 168. The molecule has 0 aliphatic heterocycles. The smallest absolute Gasteiger partial charge is 0.358 e. The van der Waals surface area contributed by atoms with E-state index in [1.165, 1.54) is 64.2 Å². The summed E-state index contributed by atoms with van der Waals surface area (Å²) in [6.07, 6.45) is 15.0. The Morgan fingerprint density at radius 1 is 0.400 bits per heavy atom. The second-order valence-corrected chi connectivity index (χ2v) is 6.41. The van der Waals surface area contributed by atoms with Gasteiger partial charge in [0, 0.05) is 0 Å². The topological polar surface area (TPSA) is 0 Å². The van der Waals surface area contributed by atoms with Gasteiger partial charge in [-0.25, -0.2) is 0 Å². The van der Waals surface area contributed by atoms with Gasteiger partial charge in [0.05, 0.1) is 0 Å². The molecule has 20 heavy (non-hydrogen) atoms. The molecule has 0 spiro atoms. The Hall–Kier alpha value is 0.516. The first kappa shape index (κ1) is 28.6. The van der Waals surface area contributed by atoms with Crippen LogP contribution in [0.1, 0.15) is 64.2 Å². The molecule has 2 fully saturated rings. The van der Waals surface area contributed by atoms with Crippen molar-refractivity contribution in [3.8, 4) is 0 Å². The molecule has 131 valence electrons. The van der Waals surface area contributed by atoms with Gasteiger partial charge in [0.2, 0.25) is 0 Å². The van der Waals surface area contributed by atoms with E-state index >= 15 is 0 Å². The van der Waals surface area contributed by atoms with E-state index in [-0.39, 0.29) is 31.6 Å². The second kappa shape index (κ2) is 10.3. The minimum atomic E-state index is -10.7. The number of halogens is 6. The molecule has 0 atom stereocenters. The Kier molecular flexibility index (Phi) is 14.7. The third-order valence-corrected chi connectivity index (χ3v) is 2.50. The number of hydrogen-bond donors (Lipinski definition) is 0. The van der Waals surface area contributed by atoms with Crippen molar-refractivity contribution in [2.45, 2.75) is 64.2 Å². The van der Waals surface area contributed by atoms with Crippen LogP contribution >= 0.6 is 7.81 Å². The quantitative estimate of drug-likeness (QED) is 0.228. The molecule has 0 aromatic rings. The monoisotopic (exact) mass is 374 g/mol. The van der Waals surface area contributed by atoms with Crippen LogP contribution in [0, 0.1) is 14.9 Å². The summed E-state index contributed by atoms with van der Waals surface area (Å²) in [6.45, 7) is 0. The van der Waals surface area contributed by atoms with Crippen LogP contribution in [0.15, 0.2) is 0 Å². The summed E-state index contributed by atoms with van der Waals surface area (Å²) in [6, 6.07) is 0. The molecule has 0 N–H and O–H groups in total. The van der Waals surface area contributed by atoms with Crippen molar-refractivity contribution >= 4 is 7.81 Å². The second-order valence-electron chi connectivity index (χ2n) is 4.49. The molecule has 0 nitrogen and oxygen atoms in total. The van der Waals surface area contributed by atoms with E-state index in [0.29, 0.717) is 0 Å². The standard InChI is InChI=1S/2C5H10.2CH3.Co.F6P/c2*1-2-4-5-3-1;;;;1-7(2,3,4,5)6/h2*1-5H2;2*1H3;;/q;;2*-1;+2;-1. The Morgan fingerprint density at radius 3 is 0.500 bits per heavy atom. The van der Waals surface area contributed by atoms with E-state index in [0.717, 1.165) is 0 Å². The predicted molar refractivity (Wildman–Crippen MR) is 72.6 cm³/mol. The number of rotatable bonds is 0. The molecular weight excluding hydrogens is 348 g/mol. The van der Waals surface area contributed by atoms with Gasteiger partial charge < -0.3 is 14.9 Å². The fourth-order valence-electron chi connectivity index (χ4n) is 1.77. The summed E-state index contributed by atoms with van der Waals surface area (Å²) in [5, 5.41) is 0. The molecule has 2 saturated carbocycles. The molecule has 1 radical (unpaired) electrons. The first-order chi connectivity index (χ1) is 7.45. The van der Waals surface area contributed by atoms with Crippen molar-refractivity contribution in [3.05, 3.63) is 14.9 Å². The molecule has 0 heterocycles. The van der Waals surface area contributed by atoms with Gasteiger partial charge in [0.15, 0.2) is 0 Å². The molecule has 0 aromatic heterocycles. The fourth-order valence-corrected chi connectivity index (χ4v) is 1.77. The first-order valence-electron chi connectivity index (χ1n) is 6.01. The summed E-state index contributed by atoms with van der Waals surface area (Å²) >= 11 is 0. The average Bonchev–Trinajstić information content (AvgIpc) is 2.78. The summed E-state index contributed by atoms with van der Waals surface area (Å²) in [5.74, 6) is 0. The molecule has 0 amide bonds. The van der Waals surface area contributed by atoms with Crippen molar-refractivity contribution < 1.29 is 42.0 Å². The molecule has 2 aliphatic rings. The maximum absolute atomic E-state index is 10.7. The van der Waals surface area contributed by atoms with Crippen LogP contribution in [0.25, 0.3) is 0 Å². The van der Waals surface area contributed by atoms with Crippen molar-refractivity contribution in [2.75, 3.05) is 0 Å². The van der Waals surface area contributed by atoms with Gasteiger partial charge >= 0.3 is 49.8 Å². The van der Waals surface area contributed by atoms with E-state index in [1.54, 1.807) is 0 Å². The molecule has 0 saturated heterocycles. The van der Waals surface area contributed by atoms with Crippen LogP contribution in [0.5, 0.6) is 0 Å². The molecule has 0 bridgehead atoms. The normalized spacial score (nSPS) is 20.1. The summed E-state index contributed by atoms with van der Waals surface area (Å²) in [5.41, 5.74) is 0. The molecule has 2 rings (SSSR count). The zero-order valence-corrected chi connectivity index (χ0v) is 14.1. The third-order valence-electron chi connectivity index (χ3n) is 2.50. The van der Waals surface area contributed by atoms with E-state index in [1.807, 2.05) is 0 Å². The van der Waals surface area contributed by atoms with Gasteiger partial charge in [0.1, 0.15) is 0 Å². The third kappa shape index (κ3) is 51.4. The van der Waals surface area contributed by atoms with Gasteiger partial charge in [-0.2, -0.15) is 0 Å². The van der Waals surface area contributed by atoms with Crippen molar-refractivity contribution in [1.29, 1.82) is 0 Å². The van der Waals surface area contributed by atoms with Gasteiger partial charge in [-0.1, -0.05) is 64.2 Å². The molecule has 0 aromatic carbocycles. The van der Waals surface area contributed by atoms with Crippen LogP contribution in [-0.4, -0.2) is 0 Å². The van der Waals surface area contributed by atoms with E-state index < -0.39 is 7.81 Å². The van der Waals surface area contributed by atoms with Gasteiger partial charge in [-0.05, 0) is 0 Å². The molecule has 0 unspecified atom stereocenters. The van der Waals surface area contributed by atoms with Crippen LogP contribution in [0.4, 0.5) is 25.2 Å². The SMILES string of the molecule is C1CCCC1.C1CCCC1.F[P-](F)(F)(F)(F)F.[CH3-].[CH3-].[Co+2]. The minimum Gasteiger partial charge on any atom is -0.358 e. The molecule has 8 heteroatoms. The Balaban J connectivity index is -0.0000000903. The van der Waals surface area contributed by atoms with E-state index in [9.17, 15) is 25.2 Å². The van der Waals surface area contributed by atoms with Gasteiger partial charge in [0.25, 0.3) is 0 Å². The van der Waals surface area contributed by atoms with Crippen molar-refractivity contribution in [2.24, 2.45) is 0 Å². The molecular formula is C12H26CoF6P-. The molecule has 2 aliphatic carbocycles. The summed E-state index contributed by atoms with van der Waals surface area (Å²) in [4.78, 5) is 0. The zero-order chi connectivity index (χ0) is 13.5. The summed E-state index contributed by atoms with van der Waals surface area (Å²) < 4.78 is 59.2. The van der Waals surface area contributed by atoms with Crippen molar-refractivity contribution in [3.63, 3.8) is 0 Å². The van der Waals surface area contributed by atoms with Crippen LogP contribution in [0.2, 0.25) is 0 Å². The van der Waals surface area contributed by atoms with Crippen LogP contribution in [0.3, 0.4) is 0 Å². The minimum absolute atomic E-state index is 0. The van der Waals surface area contributed by atoms with E-state index in [2.05, 4.69) is 0 Å². The fraction of sp³-hybridized carbons (Fsp3) is 0.833. The average molecular weight is 374 g/mol. The van der Waals surface area contributed by atoms with Crippen molar-refractivity contribution in [1.82, 2.24) is 0 Å². The first-order valence-corrected chi connectivity index (χ1v) is 8.04. The maximum atomic E-state index is 9.87. The largest absolute Gasteiger partial charge is 2.00 e. The number of hydrogen-bond acceptors (Lipinski definition) is 0. The van der Waals surface area contributed by atoms with Crippen LogP contribution in [-0.2, 0) is 16.8 Å². The van der Waals surface area contributed by atoms with Gasteiger partial charge in [-0.3, -0.25) is 0 Å². The van der Waals surface area contributed by atoms with E-state index in [4.69, 9.17) is 0 Å². The summed E-state index contributed by atoms with van der Waals surface area (Å²) in [7, 11) is -10.7. The predicted octanol–water partition coefficient (Wildman–Crippen LogP) is 8.18. The Labute approximate surface area is 129 Å². The van der Waals surface area contributed by atoms with Gasteiger partial charge in [-0.15, -0.1) is 0 Å². The Morgan fingerprint density at radius 2 is 0.450 bits per heavy atom. The zero-order valence-electron chi connectivity index (χ0n) is 12.1. The van der Waals surface area contributed by atoms with Crippen LogP contribution < -0.4 is 0 Å². The maximum Gasteiger partial charge on any atom is 2.00 e.